The Bertz CT molecular complexity index is 433. The minimum Gasteiger partial charge on any atom is -0.380 e. The van der Waals surface area contributed by atoms with Crippen LogP contribution in [0.15, 0.2) is 18.2 Å². The van der Waals surface area contributed by atoms with Gasteiger partial charge in [-0.05, 0) is 31.5 Å². The Hall–Kier alpha value is -1.17. The van der Waals surface area contributed by atoms with Gasteiger partial charge in [-0.15, -0.1) is 12.4 Å². The van der Waals surface area contributed by atoms with Gasteiger partial charge >= 0.3 is 0 Å². The zero-order chi connectivity index (χ0) is 13.8. The molecule has 0 aliphatic rings. The molecule has 1 rings (SSSR count). The van der Waals surface area contributed by atoms with Crippen LogP contribution < -0.4 is 11.1 Å². The molecule has 0 radical (unpaired) electrons. The molecule has 19 heavy (non-hydrogen) atoms. The van der Waals surface area contributed by atoms with E-state index in [1.54, 1.807) is 26.0 Å². The molecule has 6 heteroatoms. The van der Waals surface area contributed by atoms with Crippen molar-refractivity contribution >= 4 is 18.3 Å². The van der Waals surface area contributed by atoms with Gasteiger partial charge in [-0.1, -0.05) is 6.07 Å². The molecule has 1 aromatic rings. The van der Waals surface area contributed by atoms with Gasteiger partial charge in [0.2, 0.25) is 5.91 Å². The summed E-state index contributed by atoms with van der Waals surface area (Å²) in [6.45, 7) is 3.78. The van der Waals surface area contributed by atoms with Crippen LogP contribution in [0, 0.1) is 5.82 Å². The van der Waals surface area contributed by atoms with Gasteiger partial charge in [0.05, 0.1) is 12.1 Å². The molecule has 0 spiro atoms. The Kier molecular flexibility index (Phi) is 6.97. The fourth-order valence-corrected chi connectivity index (χ4v) is 1.41. The number of benzene rings is 1. The van der Waals surface area contributed by atoms with Crippen molar-refractivity contribution in [2.75, 3.05) is 7.11 Å². The van der Waals surface area contributed by atoms with Crippen LogP contribution in [-0.2, 0) is 22.7 Å². The number of nitrogens with two attached hydrogens (primary N) is 1. The van der Waals surface area contributed by atoms with Gasteiger partial charge in [-0.3, -0.25) is 4.79 Å². The monoisotopic (exact) mass is 290 g/mol. The zero-order valence-electron chi connectivity index (χ0n) is 11.3. The average Bonchev–Trinajstić information content (AvgIpc) is 2.28. The summed E-state index contributed by atoms with van der Waals surface area (Å²) in [4.78, 5) is 11.6. The number of hydrogen-bond donors (Lipinski definition) is 2. The number of rotatable bonds is 5. The summed E-state index contributed by atoms with van der Waals surface area (Å²) in [6, 6.07) is 4.66. The van der Waals surface area contributed by atoms with Crippen molar-refractivity contribution in [1.82, 2.24) is 5.32 Å². The van der Waals surface area contributed by atoms with E-state index in [4.69, 9.17) is 10.5 Å². The Morgan fingerprint density at radius 2 is 2.11 bits per heavy atom. The quantitative estimate of drug-likeness (QED) is 0.868. The highest BCUT2D eigenvalue weighted by atomic mass is 35.5. The van der Waals surface area contributed by atoms with E-state index in [-0.39, 0.29) is 30.7 Å². The van der Waals surface area contributed by atoms with Gasteiger partial charge in [0.1, 0.15) is 5.82 Å². The number of nitrogens with one attached hydrogen (secondary N) is 1. The lowest BCUT2D eigenvalue weighted by Gasteiger charge is -2.18. The summed E-state index contributed by atoms with van der Waals surface area (Å²) in [5.74, 6) is -0.564. The number of carbonyl (C=O) groups is 1. The van der Waals surface area contributed by atoms with Crippen LogP contribution in [0.25, 0.3) is 0 Å². The van der Waals surface area contributed by atoms with Crippen molar-refractivity contribution in [2.24, 2.45) is 5.73 Å². The van der Waals surface area contributed by atoms with Crippen LogP contribution in [0.1, 0.15) is 25.0 Å². The van der Waals surface area contributed by atoms with Gasteiger partial charge in [0, 0.05) is 19.2 Å². The first kappa shape index (κ1) is 17.8. The minimum atomic E-state index is -0.921. The Morgan fingerprint density at radius 1 is 1.47 bits per heavy atom. The topological polar surface area (TPSA) is 64.3 Å². The number of ether oxygens (including phenoxy) is 1. The number of methoxy groups -OCH3 is 1. The Balaban J connectivity index is 0.00000324. The lowest BCUT2D eigenvalue weighted by atomic mass is 10.1. The first-order valence-corrected chi connectivity index (χ1v) is 5.68. The first-order chi connectivity index (χ1) is 8.34. The summed E-state index contributed by atoms with van der Waals surface area (Å²) < 4.78 is 18.3. The molecule has 0 saturated heterocycles. The summed E-state index contributed by atoms with van der Waals surface area (Å²) in [5.41, 5.74) is 6.01. The SMILES string of the molecule is COCc1cc(CNC(=O)C(C)(C)N)ccc1F.Cl. The predicted octanol–water partition coefficient (Wildman–Crippen LogP) is 1.75. The van der Waals surface area contributed by atoms with Crippen LogP contribution in [0.3, 0.4) is 0 Å². The molecule has 0 aliphatic heterocycles. The first-order valence-electron chi connectivity index (χ1n) is 5.68. The largest absolute Gasteiger partial charge is 0.380 e. The second-order valence-electron chi connectivity index (χ2n) is 4.76. The highest BCUT2D eigenvalue weighted by Gasteiger charge is 2.21. The van der Waals surface area contributed by atoms with Crippen LogP contribution in [0.2, 0.25) is 0 Å². The van der Waals surface area contributed by atoms with Crippen LogP contribution in [0.4, 0.5) is 4.39 Å². The van der Waals surface area contributed by atoms with Crippen molar-refractivity contribution < 1.29 is 13.9 Å². The molecule has 0 aliphatic carbocycles. The number of carbonyl (C=O) groups excluding carboxylic acids is 1. The highest BCUT2D eigenvalue weighted by molar-refractivity contribution is 5.85. The molecule has 0 heterocycles. The smallest absolute Gasteiger partial charge is 0.239 e. The van der Waals surface area contributed by atoms with Gasteiger partial charge in [-0.25, -0.2) is 4.39 Å². The minimum absolute atomic E-state index is 0. The molecule has 0 unspecified atom stereocenters. The van der Waals surface area contributed by atoms with Crippen molar-refractivity contribution in [1.29, 1.82) is 0 Å². The maximum absolute atomic E-state index is 13.4. The van der Waals surface area contributed by atoms with E-state index in [0.29, 0.717) is 12.1 Å². The molecular formula is C13H20ClFN2O2. The summed E-state index contributed by atoms with van der Waals surface area (Å²) in [5, 5.41) is 2.70. The third-order valence-corrected chi connectivity index (χ3v) is 2.45. The molecule has 108 valence electrons. The van der Waals surface area contributed by atoms with E-state index in [9.17, 15) is 9.18 Å². The van der Waals surface area contributed by atoms with Crippen molar-refractivity contribution in [3.8, 4) is 0 Å². The van der Waals surface area contributed by atoms with E-state index in [1.165, 1.54) is 13.2 Å². The maximum atomic E-state index is 13.4. The number of hydrogen-bond acceptors (Lipinski definition) is 3. The van der Waals surface area contributed by atoms with Gasteiger partial charge in [-0.2, -0.15) is 0 Å². The van der Waals surface area contributed by atoms with Crippen molar-refractivity contribution in [3.63, 3.8) is 0 Å². The molecule has 0 bridgehead atoms. The Morgan fingerprint density at radius 3 is 2.63 bits per heavy atom. The summed E-state index contributed by atoms with van der Waals surface area (Å²) >= 11 is 0. The normalized spacial score (nSPS) is 10.8. The number of halogens is 2. The summed E-state index contributed by atoms with van der Waals surface area (Å²) in [6.07, 6.45) is 0. The number of amides is 1. The van der Waals surface area contributed by atoms with Crippen molar-refractivity contribution in [3.05, 3.63) is 35.1 Å². The third kappa shape index (κ3) is 5.55. The molecule has 1 aromatic carbocycles. The van der Waals surface area contributed by atoms with Crippen LogP contribution >= 0.6 is 12.4 Å². The predicted molar refractivity (Wildman–Crippen MR) is 74.5 cm³/mol. The van der Waals surface area contributed by atoms with Gasteiger partial charge < -0.3 is 15.8 Å². The van der Waals surface area contributed by atoms with E-state index in [0.717, 1.165) is 5.56 Å². The van der Waals surface area contributed by atoms with E-state index < -0.39 is 5.54 Å². The second kappa shape index (κ2) is 7.43. The molecular weight excluding hydrogens is 271 g/mol. The molecule has 3 N–H and O–H groups in total. The third-order valence-electron chi connectivity index (χ3n) is 2.45. The fourth-order valence-electron chi connectivity index (χ4n) is 1.41. The average molecular weight is 291 g/mol. The van der Waals surface area contributed by atoms with Gasteiger partial charge in [0.15, 0.2) is 0 Å². The molecule has 0 aromatic heterocycles. The van der Waals surface area contributed by atoms with E-state index >= 15 is 0 Å². The molecule has 0 fully saturated rings. The maximum Gasteiger partial charge on any atom is 0.239 e. The second-order valence-corrected chi connectivity index (χ2v) is 4.76. The Labute approximate surface area is 118 Å². The van der Waals surface area contributed by atoms with E-state index in [1.807, 2.05) is 0 Å². The molecule has 0 saturated carbocycles. The van der Waals surface area contributed by atoms with Crippen LogP contribution in [-0.4, -0.2) is 18.6 Å². The molecule has 0 atom stereocenters. The highest BCUT2D eigenvalue weighted by Crippen LogP contribution is 2.12. The van der Waals surface area contributed by atoms with Crippen LogP contribution in [0.5, 0.6) is 0 Å². The zero-order valence-corrected chi connectivity index (χ0v) is 12.1. The lowest BCUT2D eigenvalue weighted by molar-refractivity contribution is -0.125. The van der Waals surface area contributed by atoms with Gasteiger partial charge in [0.25, 0.3) is 0 Å². The lowest BCUT2D eigenvalue weighted by Crippen LogP contribution is -2.48. The summed E-state index contributed by atoms with van der Waals surface area (Å²) in [7, 11) is 1.50. The molecule has 4 nitrogen and oxygen atoms in total. The standard InChI is InChI=1S/C13H19FN2O2.ClH/c1-13(2,15)12(17)16-7-9-4-5-11(14)10(6-9)8-18-3;/h4-6H,7-8,15H2,1-3H3,(H,16,17);1H. The molecule has 1 amide bonds. The van der Waals surface area contributed by atoms with Crippen molar-refractivity contribution in [2.45, 2.75) is 32.5 Å². The fraction of sp³-hybridized carbons (Fsp3) is 0.462. The van der Waals surface area contributed by atoms with E-state index in [2.05, 4.69) is 5.32 Å².